The second-order valence-corrected chi connectivity index (χ2v) is 11.9. The van der Waals surface area contributed by atoms with Gasteiger partial charge in [-0.05, 0) is 47.0 Å². The minimum Gasteiger partial charge on any atom is -0.507 e. The Morgan fingerprint density at radius 3 is 2.54 bits per heavy atom. The molecule has 37 heavy (non-hydrogen) atoms. The number of aliphatic hydroxyl groups is 2. The minimum absolute atomic E-state index is 0.0624. The number of rotatable bonds is 8. The van der Waals surface area contributed by atoms with Crippen LogP contribution in [0.25, 0.3) is 11.3 Å². The maximum Gasteiger partial charge on any atom is 0.188 e. The fourth-order valence-corrected chi connectivity index (χ4v) is 6.02. The Balaban J connectivity index is 1.72. The third-order valence-electron chi connectivity index (χ3n) is 7.22. The lowest BCUT2D eigenvalue weighted by atomic mass is 9.71. The highest BCUT2D eigenvalue weighted by Crippen LogP contribution is 2.59. The van der Waals surface area contributed by atoms with Crippen LogP contribution in [0.1, 0.15) is 70.0 Å². The van der Waals surface area contributed by atoms with Gasteiger partial charge in [0.15, 0.2) is 11.6 Å². The van der Waals surface area contributed by atoms with E-state index in [9.17, 15) is 30.0 Å². The molecule has 0 bridgehead atoms. The maximum absolute atomic E-state index is 13.5. The molecule has 1 aliphatic heterocycles. The number of aliphatic hydroxyl groups excluding tert-OH is 1. The number of carbonyl (C=O) groups is 2. The Morgan fingerprint density at radius 1 is 1.24 bits per heavy atom. The van der Waals surface area contributed by atoms with E-state index in [1.54, 1.807) is 19.2 Å². The van der Waals surface area contributed by atoms with Crippen molar-refractivity contribution in [1.29, 1.82) is 0 Å². The third kappa shape index (κ3) is 4.55. The van der Waals surface area contributed by atoms with Crippen molar-refractivity contribution in [3.63, 3.8) is 0 Å². The molecule has 198 valence electrons. The number of fused-ring (bicyclic) bond motifs is 3. The molecule has 1 aromatic heterocycles. The number of benzene rings is 1. The van der Waals surface area contributed by atoms with Crippen LogP contribution in [0, 0.1) is 12.8 Å². The summed E-state index contributed by atoms with van der Waals surface area (Å²) in [6, 6.07) is 0. The number of hydrogen-bond donors (Lipinski definition) is 4. The quantitative estimate of drug-likeness (QED) is 0.345. The summed E-state index contributed by atoms with van der Waals surface area (Å²) in [5, 5.41) is 45.0. The van der Waals surface area contributed by atoms with E-state index >= 15 is 0 Å². The molecule has 0 amide bonds. The summed E-state index contributed by atoms with van der Waals surface area (Å²) < 4.78 is 6.02. The van der Waals surface area contributed by atoms with Gasteiger partial charge in [-0.2, -0.15) is 0 Å². The summed E-state index contributed by atoms with van der Waals surface area (Å²) in [6.45, 7) is 9.99. The standard InChI is InChI=1S/C28H33NO7S/c1-13(8-7-9-27(4,5)35)10-19-29-16(12-37-19)21-23(32)14(2)24(33)22-25(21)36-18-11-17(31)20(15(3)30)26(34)28(18,22)6/h11-13,31-33,35H,7-10H2,1-6H3/t13?,28-/m0/s1. The summed E-state index contributed by atoms with van der Waals surface area (Å²) in [4.78, 5) is 30.3. The number of allylic oxidation sites excluding steroid dienone is 3. The predicted octanol–water partition coefficient (Wildman–Crippen LogP) is 5.17. The Bertz CT molecular complexity index is 1360. The van der Waals surface area contributed by atoms with E-state index in [1.807, 2.05) is 0 Å². The van der Waals surface area contributed by atoms with Crippen molar-refractivity contribution in [2.45, 2.75) is 78.2 Å². The SMILES string of the molecule is CC(=O)C1=C(O)C=C2Oc3c(-c4csc(CC(C)CCCC(C)(C)O)n4)c(O)c(C)c(O)c3[C@@]2(C)C1=O. The number of thiazole rings is 1. The molecule has 1 unspecified atom stereocenters. The van der Waals surface area contributed by atoms with Gasteiger partial charge in [0.25, 0.3) is 0 Å². The normalized spacial score (nSPS) is 19.9. The molecule has 9 heteroatoms. The first-order chi connectivity index (χ1) is 17.2. The van der Waals surface area contributed by atoms with Crippen molar-refractivity contribution in [1.82, 2.24) is 4.98 Å². The number of Topliss-reactive ketones (excluding diaryl/α,β-unsaturated/α-hetero) is 2. The summed E-state index contributed by atoms with van der Waals surface area (Å²) in [6.07, 6.45) is 4.49. The van der Waals surface area contributed by atoms with E-state index in [4.69, 9.17) is 9.72 Å². The molecule has 8 nitrogen and oxygen atoms in total. The molecule has 0 saturated heterocycles. The summed E-state index contributed by atoms with van der Waals surface area (Å²) in [5.74, 6) is -1.82. The van der Waals surface area contributed by atoms with Gasteiger partial charge in [-0.1, -0.05) is 19.8 Å². The van der Waals surface area contributed by atoms with Crippen LogP contribution in [0.4, 0.5) is 0 Å². The molecule has 4 rings (SSSR count). The fraction of sp³-hybridized carbons (Fsp3) is 0.464. The number of hydrogen-bond acceptors (Lipinski definition) is 9. The second kappa shape index (κ2) is 9.29. The van der Waals surface area contributed by atoms with Gasteiger partial charge in [0.1, 0.15) is 39.8 Å². The van der Waals surface area contributed by atoms with E-state index < -0.39 is 28.3 Å². The fourth-order valence-electron chi connectivity index (χ4n) is 5.07. The number of ketones is 2. The zero-order valence-corrected chi connectivity index (χ0v) is 22.7. The lowest BCUT2D eigenvalue weighted by Gasteiger charge is -2.28. The van der Waals surface area contributed by atoms with Crippen LogP contribution in [0.3, 0.4) is 0 Å². The number of carbonyl (C=O) groups excluding carboxylic acids is 2. The average Bonchev–Trinajstić information content (AvgIpc) is 3.34. The second-order valence-electron chi connectivity index (χ2n) is 10.9. The molecule has 0 saturated carbocycles. The summed E-state index contributed by atoms with van der Waals surface area (Å²) >= 11 is 1.44. The van der Waals surface area contributed by atoms with Crippen molar-refractivity contribution >= 4 is 22.9 Å². The van der Waals surface area contributed by atoms with E-state index in [-0.39, 0.29) is 45.3 Å². The molecule has 2 heterocycles. The number of ether oxygens (including phenoxy) is 1. The van der Waals surface area contributed by atoms with Gasteiger partial charge in [0.05, 0.1) is 27.4 Å². The number of aromatic nitrogens is 1. The van der Waals surface area contributed by atoms with Crippen LogP contribution < -0.4 is 4.74 Å². The van der Waals surface area contributed by atoms with Gasteiger partial charge in [0, 0.05) is 23.4 Å². The smallest absolute Gasteiger partial charge is 0.188 e. The van der Waals surface area contributed by atoms with Crippen molar-refractivity contribution in [2.24, 2.45) is 5.92 Å². The lowest BCUT2D eigenvalue weighted by Crippen LogP contribution is -2.38. The van der Waals surface area contributed by atoms with Gasteiger partial charge in [-0.15, -0.1) is 11.3 Å². The molecular formula is C28H33NO7S. The Morgan fingerprint density at radius 2 is 1.92 bits per heavy atom. The Labute approximate surface area is 220 Å². The average molecular weight is 528 g/mol. The van der Waals surface area contributed by atoms with Crippen LogP contribution in [0.2, 0.25) is 0 Å². The van der Waals surface area contributed by atoms with Crippen molar-refractivity contribution < 1.29 is 34.8 Å². The van der Waals surface area contributed by atoms with Crippen molar-refractivity contribution in [3.05, 3.63) is 44.7 Å². The van der Waals surface area contributed by atoms with Crippen molar-refractivity contribution in [2.75, 3.05) is 0 Å². The van der Waals surface area contributed by atoms with Crippen LogP contribution in [-0.2, 0) is 21.4 Å². The van der Waals surface area contributed by atoms with Crippen LogP contribution in [0.5, 0.6) is 17.2 Å². The number of nitrogens with zero attached hydrogens (tertiary/aromatic N) is 1. The van der Waals surface area contributed by atoms with E-state index in [2.05, 4.69) is 6.92 Å². The summed E-state index contributed by atoms with van der Waals surface area (Å²) in [7, 11) is 0. The van der Waals surface area contributed by atoms with Gasteiger partial charge in [0.2, 0.25) is 0 Å². The molecule has 0 fully saturated rings. The number of phenolic OH excluding ortho intramolecular Hbond substituents is 2. The first-order valence-electron chi connectivity index (χ1n) is 12.3. The van der Waals surface area contributed by atoms with Crippen LogP contribution >= 0.6 is 11.3 Å². The topological polar surface area (TPSA) is 137 Å². The van der Waals surface area contributed by atoms with Gasteiger partial charge in [-0.25, -0.2) is 4.98 Å². The third-order valence-corrected chi connectivity index (χ3v) is 8.09. The largest absolute Gasteiger partial charge is 0.507 e. The highest BCUT2D eigenvalue weighted by Gasteiger charge is 2.55. The molecule has 1 aromatic carbocycles. The predicted molar refractivity (Wildman–Crippen MR) is 140 cm³/mol. The minimum atomic E-state index is -1.55. The van der Waals surface area contributed by atoms with Gasteiger partial charge in [-0.3, -0.25) is 9.59 Å². The molecule has 0 spiro atoms. The van der Waals surface area contributed by atoms with E-state index in [0.29, 0.717) is 18.0 Å². The van der Waals surface area contributed by atoms with Crippen LogP contribution in [-0.4, -0.2) is 42.6 Å². The molecular weight excluding hydrogens is 494 g/mol. The molecule has 2 atom stereocenters. The Kier molecular flexibility index (Phi) is 6.75. The monoisotopic (exact) mass is 527 g/mol. The van der Waals surface area contributed by atoms with E-state index in [1.165, 1.54) is 38.2 Å². The van der Waals surface area contributed by atoms with Gasteiger partial charge >= 0.3 is 0 Å². The van der Waals surface area contributed by atoms with Gasteiger partial charge < -0.3 is 25.2 Å². The molecule has 1 aliphatic carbocycles. The number of aromatic hydroxyl groups is 2. The summed E-state index contributed by atoms with van der Waals surface area (Å²) in [5.41, 5.74) is -1.61. The molecule has 0 radical (unpaired) electrons. The highest BCUT2D eigenvalue weighted by atomic mass is 32.1. The highest BCUT2D eigenvalue weighted by molar-refractivity contribution is 7.10. The lowest BCUT2D eigenvalue weighted by molar-refractivity contribution is -0.123. The van der Waals surface area contributed by atoms with E-state index in [0.717, 1.165) is 24.3 Å². The first-order valence-corrected chi connectivity index (χ1v) is 13.2. The zero-order valence-electron chi connectivity index (χ0n) is 21.9. The molecule has 2 aliphatic rings. The Hall–Kier alpha value is -3.17. The first kappa shape index (κ1) is 26.9. The zero-order chi connectivity index (χ0) is 27.4. The maximum atomic E-state index is 13.5. The molecule has 2 aromatic rings. The molecule has 4 N–H and O–H groups in total. The van der Waals surface area contributed by atoms with Crippen molar-refractivity contribution in [3.8, 4) is 28.5 Å². The van der Waals surface area contributed by atoms with Crippen LogP contribution in [0.15, 0.2) is 28.5 Å². The number of phenols is 2.